The van der Waals surface area contributed by atoms with Gasteiger partial charge in [0.2, 0.25) is 0 Å². The van der Waals surface area contributed by atoms with Gasteiger partial charge in [-0.1, -0.05) is 5.21 Å². The van der Waals surface area contributed by atoms with Crippen molar-refractivity contribution in [2.24, 2.45) is 23.5 Å². The molecule has 3 aliphatic rings. The summed E-state index contributed by atoms with van der Waals surface area (Å²) in [5, 5.41) is 7.76. The van der Waals surface area contributed by atoms with Crippen LogP contribution in [0.3, 0.4) is 0 Å². The quantitative estimate of drug-likeness (QED) is 0.905. The van der Waals surface area contributed by atoms with E-state index in [1.54, 1.807) is 10.9 Å². The van der Waals surface area contributed by atoms with Crippen molar-refractivity contribution in [2.75, 3.05) is 19.6 Å². The topological polar surface area (TPSA) is 77.0 Å². The molecule has 0 radical (unpaired) electrons. The van der Waals surface area contributed by atoms with Gasteiger partial charge in [0.25, 0.3) is 11.8 Å². The Morgan fingerprint density at radius 1 is 1.30 bits per heavy atom. The van der Waals surface area contributed by atoms with Crippen molar-refractivity contribution in [3.63, 3.8) is 0 Å². The zero-order valence-electron chi connectivity index (χ0n) is 12.9. The van der Waals surface area contributed by atoms with Crippen molar-refractivity contribution in [3.8, 4) is 0 Å². The molecule has 3 fully saturated rings. The van der Waals surface area contributed by atoms with Gasteiger partial charge >= 0.3 is 0 Å². The normalized spacial score (nSPS) is 33.6. The highest BCUT2D eigenvalue weighted by Gasteiger charge is 2.71. The van der Waals surface area contributed by atoms with Crippen LogP contribution in [0.4, 0.5) is 8.78 Å². The third-order valence-corrected chi connectivity index (χ3v) is 5.75. The Labute approximate surface area is 133 Å². The Bertz CT molecular complexity index is 597. The molecule has 2 saturated carbocycles. The van der Waals surface area contributed by atoms with Crippen LogP contribution in [0, 0.1) is 17.8 Å². The Morgan fingerprint density at radius 2 is 1.96 bits per heavy atom. The SMILES string of the molecule is NC(=O)c1cn(C2CCN(CC3CC4C(C3)C4(F)F)CC2)nn1. The van der Waals surface area contributed by atoms with Gasteiger partial charge in [-0.3, -0.25) is 4.79 Å². The minimum atomic E-state index is -2.37. The van der Waals surface area contributed by atoms with Crippen LogP contribution >= 0.6 is 0 Å². The Hall–Kier alpha value is -1.57. The largest absolute Gasteiger partial charge is 0.364 e. The standard InChI is InChI=1S/C15H21F2N5O/c16-15(17)11-5-9(6-12(11)15)7-21-3-1-10(2-4-21)22-8-13(14(18)23)19-20-22/h8-12H,1-7H2,(H2,18,23). The number of fused-ring (bicyclic) bond motifs is 1. The average molecular weight is 325 g/mol. The number of likely N-dealkylation sites (tertiary alicyclic amines) is 1. The van der Waals surface area contributed by atoms with Crippen molar-refractivity contribution in [1.29, 1.82) is 0 Å². The average Bonchev–Trinajstić information content (AvgIpc) is 2.99. The zero-order valence-corrected chi connectivity index (χ0v) is 12.9. The number of hydrogen-bond acceptors (Lipinski definition) is 4. The van der Waals surface area contributed by atoms with E-state index in [9.17, 15) is 13.6 Å². The van der Waals surface area contributed by atoms with E-state index in [1.165, 1.54) is 0 Å². The number of nitrogens with two attached hydrogens (primary N) is 1. The van der Waals surface area contributed by atoms with Gasteiger partial charge in [0, 0.05) is 31.5 Å². The number of nitrogens with zero attached hydrogens (tertiary/aromatic N) is 4. The molecular formula is C15H21F2N5O. The predicted octanol–water partition coefficient (Wildman–Crippen LogP) is 1.31. The smallest absolute Gasteiger partial charge is 0.270 e. The summed E-state index contributed by atoms with van der Waals surface area (Å²) < 4.78 is 28.2. The molecule has 1 amide bonds. The van der Waals surface area contributed by atoms with Crippen LogP contribution in [0.1, 0.15) is 42.2 Å². The van der Waals surface area contributed by atoms with E-state index in [0.717, 1.165) is 32.5 Å². The molecule has 1 aliphatic heterocycles. The number of alkyl halides is 2. The first-order valence-corrected chi connectivity index (χ1v) is 8.27. The fourth-order valence-corrected chi connectivity index (χ4v) is 4.37. The molecule has 4 rings (SSSR count). The Kier molecular flexibility index (Phi) is 3.40. The lowest BCUT2D eigenvalue weighted by atomic mass is 9.99. The highest BCUT2D eigenvalue weighted by molar-refractivity contribution is 5.90. The van der Waals surface area contributed by atoms with Crippen molar-refractivity contribution >= 4 is 5.91 Å². The van der Waals surface area contributed by atoms with Gasteiger partial charge in [0.1, 0.15) is 0 Å². The van der Waals surface area contributed by atoms with E-state index >= 15 is 0 Å². The summed E-state index contributed by atoms with van der Waals surface area (Å²) in [4.78, 5) is 13.4. The summed E-state index contributed by atoms with van der Waals surface area (Å²) in [6, 6.07) is 0.230. The van der Waals surface area contributed by atoms with Crippen LogP contribution in [0.2, 0.25) is 0 Å². The predicted molar refractivity (Wildman–Crippen MR) is 77.9 cm³/mol. The van der Waals surface area contributed by atoms with Crippen LogP contribution in [0.15, 0.2) is 6.20 Å². The number of rotatable bonds is 4. The molecule has 2 N–H and O–H groups in total. The Balaban J connectivity index is 1.26. The molecule has 0 bridgehead atoms. The number of carbonyl (C=O) groups excluding carboxylic acids is 1. The molecule has 126 valence electrons. The fraction of sp³-hybridized carbons (Fsp3) is 0.800. The summed E-state index contributed by atoms with van der Waals surface area (Å²) in [6.45, 7) is 2.79. The van der Waals surface area contributed by atoms with Gasteiger partial charge in [-0.15, -0.1) is 5.10 Å². The van der Waals surface area contributed by atoms with E-state index in [2.05, 4.69) is 15.2 Å². The van der Waals surface area contributed by atoms with Gasteiger partial charge in [-0.2, -0.15) is 0 Å². The van der Waals surface area contributed by atoms with E-state index in [1.807, 2.05) is 0 Å². The highest BCUT2D eigenvalue weighted by atomic mass is 19.3. The molecule has 0 spiro atoms. The van der Waals surface area contributed by atoms with Crippen LogP contribution in [0.25, 0.3) is 0 Å². The van der Waals surface area contributed by atoms with E-state index < -0.39 is 11.8 Å². The molecule has 23 heavy (non-hydrogen) atoms. The molecule has 0 aromatic carbocycles. The molecule has 1 aromatic rings. The van der Waals surface area contributed by atoms with E-state index in [0.29, 0.717) is 18.8 Å². The molecular weight excluding hydrogens is 304 g/mol. The molecule has 2 heterocycles. The number of amides is 1. The molecule has 1 aromatic heterocycles. The lowest BCUT2D eigenvalue weighted by Crippen LogP contribution is -2.38. The summed E-state index contributed by atoms with van der Waals surface area (Å²) in [5.74, 6) is -3.19. The number of halogens is 2. The maximum Gasteiger partial charge on any atom is 0.270 e. The van der Waals surface area contributed by atoms with Crippen molar-refractivity contribution in [2.45, 2.75) is 37.6 Å². The Morgan fingerprint density at radius 3 is 2.52 bits per heavy atom. The number of primary amides is 1. The number of piperidine rings is 1. The minimum Gasteiger partial charge on any atom is -0.364 e. The first-order valence-electron chi connectivity index (χ1n) is 8.27. The van der Waals surface area contributed by atoms with Crippen molar-refractivity contribution in [1.82, 2.24) is 19.9 Å². The summed E-state index contributed by atoms with van der Waals surface area (Å²) in [6.07, 6.45) is 4.83. The number of carbonyl (C=O) groups is 1. The van der Waals surface area contributed by atoms with E-state index in [-0.39, 0.29) is 23.6 Å². The minimum absolute atomic E-state index is 0.193. The van der Waals surface area contributed by atoms with Crippen LogP contribution in [0.5, 0.6) is 0 Å². The van der Waals surface area contributed by atoms with Crippen LogP contribution in [-0.4, -0.2) is 51.4 Å². The lowest BCUT2D eigenvalue weighted by molar-refractivity contribution is 0.0564. The second kappa shape index (κ2) is 5.22. The summed E-state index contributed by atoms with van der Waals surface area (Å²) >= 11 is 0. The second-order valence-corrected chi connectivity index (χ2v) is 7.20. The molecule has 2 aliphatic carbocycles. The van der Waals surface area contributed by atoms with Gasteiger partial charge < -0.3 is 10.6 Å². The first-order chi connectivity index (χ1) is 10.9. The number of aromatic nitrogens is 3. The third-order valence-electron chi connectivity index (χ3n) is 5.75. The van der Waals surface area contributed by atoms with Gasteiger partial charge in [-0.25, -0.2) is 13.5 Å². The van der Waals surface area contributed by atoms with E-state index in [4.69, 9.17) is 5.73 Å². The van der Waals surface area contributed by atoms with Gasteiger partial charge in [0.15, 0.2) is 5.69 Å². The van der Waals surface area contributed by atoms with Crippen molar-refractivity contribution in [3.05, 3.63) is 11.9 Å². The number of hydrogen-bond donors (Lipinski definition) is 1. The van der Waals surface area contributed by atoms with Gasteiger partial charge in [-0.05, 0) is 31.6 Å². The van der Waals surface area contributed by atoms with Crippen LogP contribution in [-0.2, 0) is 0 Å². The lowest BCUT2D eigenvalue weighted by Gasteiger charge is -2.33. The maximum atomic E-state index is 13.2. The monoisotopic (exact) mass is 325 g/mol. The molecule has 8 heteroatoms. The zero-order chi connectivity index (χ0) is 16.2. The maximum absolute atomic E-state index is 13.2. The first kappa shape index (κ1) is 15.0. The third kappa shape index (κ3) is 2.62. The molecule has 2 atom stereocenters. The molecule has 6 nitrogen and oxygen atoms in total. The van der Waals surface area contributed by atoms with Gasteiger partial charge in [0.05, 0.1) is 12.2 Å². The molecule has 1 saturated heterocycles. The second-order valence-electron chi connectivity index (χ2n) is 7.20. The highest BCUT2D eigenvalue weighted by Crippen LogP contribution is 2.65. The molecule has 2 unspecified atom stereocenters. The summed E-state index contributed by atoms with van der Waals surface area (Å²) in [5.41, 5.74) is 5.38. The van der Waals surface area contributed by atoms with Crippen LogP contribution < -0.4 is 5.73 Å². The fourth-order valence-electron chi connectivity index (χ4n) is 4.37. The van der Waals surface area contributed by atoms with Crippen molar-refractivity contribution < 1.29 is 13.6 Å². The summed E-state index contributed by atoms with van der Waals surface area (Å²) in [7, 11) is 0.